The molecule has 0 fully saturated rings. The van der Waals surface area contributed by atoms with E-state index in [1.54, 1.807) is 11.8 Å². The van der Waals surface area contributed by atoms with Crippen molar-refractivity contribution in [1.29, 1.82) is 0 Å². The summed E-state index contributed by atoms with van der Waals surface area (Å²) in [5.41, 5.74) is 5.42. The predicted molar refractivity (Wildman–Crippen MR) is 44.1 cm³/mol. The summed E-state index contributed by atoms with van der Waals surface area (Å²) in [6.07, 6.45) is 0.808. The highest BCUT2D eigenvalue weighted by Gasteiger charge is 1.98. The molecule has 0 aliphatic rings. The molecule has 0 bridgehead atoms. The topological polar surface area (TPSA) is 66.5 Å². The van der Waals surface area contributed by atoms with Crippen molar-refractivity contribution in [2.45, 2.75) is 12.5 Å². The number of hydrogen-bond donors (Lipinski definition) is 3. The van der Waals surface area contributed by atoms with E-state index >= 15 is 0 Å². The molecule has 4 N–H and O–H groups in total. The number of rotatable bonds is 6. The van der Waals surface area contributed by atoms with E-state index in [1.165, 1.54) is 0 Å². The molecular weight excluding hydrogens is 150 g/mol. The Balaban J connectivity index is 2.89. The largest absolute Gasteiger partial charge is 0.396 e. The summed E-state index contributed by atoms with van der Waals surface area (Å²) >= 11 is 1.67. The Morgan fingerprint density at radius 1 is 1.40 bits per heavy atom. The minimum atomic E-state index is -0.108. The van der Waals surface area contributed by atoms with Crippen molar-refractivity contribution in [3.8, 4) is 0 Å². The van der Waals surface area contributed by atoms with Crippen LogP contribution in [0.5, 0.6) is 0 Å². The Hall–Kier alpha value is 0.230. The summed E-state index contributed by atoms with van der Waals surface area (Å²) in [4.78, 5) is 0. The highest BCUT2D eigenvalue weighted by molar-refractivity contribution is 7.99. The van der Waals surface area contributed by atoms with E-state index in [0.29, 0.717) is 0 Å². The second kappa shape index (κ2) is 7.34. The minimum absolute atomic E-state index is 0.0477. The van der Waals surface area contributed by atoms with Gasteiger partial charge >= 0.3 is 0 Å². The molecule has 0 aliphatic carbocycles. The van der Waals surface area contributed by atoms with E-state index in [2.05, 4.69) is 0 Å². The average molecular weight is 165 g/mol. The van der Waals surface area contributed by atoms with Gasteiger partial charge in [0.05, 0.1) is 6.61 Å². The van der Waals surface area contributed by atoms with Gasteiger partial charge in [0.2, 0.25) is 0 Å². The second-order valence-corrected chi connectivity index (χ2v) is 3.24. The molecule has 10 heavy (non-hydrogen) atoms. The normalized spacial score (nSPS) is 13.5. The summed E-state index contributed by atoms with van der Waals surface area (Å²) in [5, 5.41) is 16.9. The third-order valence-corrected chi connectivity index (χ3v) is 2.25. The zero-order chi connectivity index (χ0) is 7.82. The molecule has 0 heterocycles. The lowest BCUT2D eigenvalue weighted by Gasteiger charge is -2.05. The van der Waals surface area contributed by atoms with E-state index in [9.17, 15) is 0 Å². The van der Waals surface area contributed by atoms with Gasteiger partial charge in [0.15, 0.2) is 0 Å². The Kier molecular flexibility index (Phi) is 7.51. The molecule has 0 amide bonds. The Morgan fingerprint density at radius 3 is 2.60 bits per heavy atom. The quantitative estimate of drug-likeness (QED) is 0.461. The van der Waals surface area contributed by atoms with Gasteiger partial charge in [-0.15, -0.1) is 0 Å². The molecular formula is C6H15NO2S. The first-order valence-corrected chi connectivity index (χ1v) is 4.51. The van der Waals surface area contributed by atoms with Crippen LogP contribution >= 0.6 is 11.8 Å². The Morgan fingerprint density at radius 2 is 2.10 bits per heavy atom. The molecule has 0 aromatic rings. The molecule has 0 spiro atoms. The van der Waals surface area contributed by atoms with E-state index in [-0.39, 0.29) is 19.3 Å². The van der Waals surface area contributed by atoms with Gasteiger partial charge in [-0.3, -0.25) is 0 Å². The van der Waals surface area contributed by atoms with Gasteiger partial charge in [0, 0.05) is 18.4 Å². The van der Waals surface area contributed by atoms with Crippen molar-refractivity contribution >= 4 is 11.8 Å². The maximum Gasteiger partial charge on any atom is 0.0590 e. The first-order chi connectivity index (χ1) is 4.81. The van der Waals surface area contributed by atoms with E-state index in [1.807, 2.05) is 0 Å². The first kappa shape index (κ1) is 10.2. The molecule has 1 unspecified atom stereocenters. The molecule has 0 saturated carbocycles. The van der Waals surface area contributed by atoms with Crippen LogP contribution in [0.1, 0.15) is 6.42 Å². The molecule has 0 rings (SSSR count). The fourth-order valence-corrected chi connectivity index (χ4v) is 1.36. The smallest absolute Gasteiger partial charge is 0.0590 e. The zero-order valence-corrected chi connectivity index (χ0v) is 6.81. The fourth-order valence-electron chi connectivity index (χ4n) is 0.454. The number of aliphatic hydroxyl groups excluding tert-OH is 2. The van der Waals surface area contributed by atoms with Crippen molar-refractivity contribution < 1.29 is 10.2 Å². The summed E-state index contributed by atoms with van der Waals surface area (Å²) in [5.74, 6) is 1.70. The second-order valence-electron chi connectivity index (χ2n) is 2.09. The van der Waals surface area contributed by atoms with E-state index < -0.39 is 0 Å². The van der Waals surface area contributed by atoms with Crippen LogP contribution in [-0.2, 0) is 0 Å². The molecule has 3 nitrogen and oxygen atoms in total. The van der Waals surface area contributed by atoms with Crippen LogP contribution in [0.2, 0.25) is 0 Å². The molecule has 0 radical (unpaired) electrons. The van der Waals surface area contributed by atoms with Gasteiger partial charge in [-0.05, 0) is 12.2 Å². The fraction of sp³-hybridized carbons (Fsp3) is 1.00. The lowest BCUT2D eigenvalue weighted by Crippen LogP contribution is -2.27. The first-order valence-electron chi connectivity index (χ1n) is 3.36. The SMILES string of the molecule is NC(CO)CSCCCO. The summed E-state index contributed by atoms with van der Waals surface area (Å²) in [7, 11) is 0. The minimum Gasteiger partial charge on any atom is -0.396 e. The molecule has 0 saturated heterocycles. The van der Waals surface area contributed by atoms with Gasteiger partial charge in [0.1, 0.15) is 0 Å². The Bertz CT molecular complexity index is 72.8. The maximum absolute atomic E-state index is 8.50. The summed E-state index contributed by atoms with van der Waals surface area (Å²) in [6.45, 7) is 0.285. The lowest BCUT2D eigenvalue weighted by atomic mass is 10.4. The van der Waals surface area contributed by atoms with Crippen molar-refractivity contribution in [2.75, 3.05) is 24.7 Å². The molecule has 1 atom stereocenters. The van der Waals surface area contributed by atoms with Crippen LogP contribution in [0, 0.1) is 0 Å². The Labute approximate surface area is 65.6 Å². The van der Waals surface area contributed by atoms with E-state index in [4.69, 9.17) is 15.9 Å². The van der Waals surface area contributed by atoms with Crippen LogP contribution in [-0.4, -0.2) is 41.0 Å². The van der Waals surface area contributed by atoms with Crippen LogP contribution in [0.3, 0.4) is 0 Å². The van der Waals surface area contributed by atoms with Crippen LogP contribution in [0.25, 0.3) is 0 Å². The third-order valence-electron chi connectivity index (χ3n) is 1.01. The molecule has 0 aliphatic heterocycles. The standard InChI is InChI=1S/C6H15NO2S/c7-6(4-9)5-10-3-1-2-8/h6,8-9H,1-5,7H2. The number of thioether (sulfide) groups is 1. The van der Waals surface area contributed by atoms with Crippen molar-refractivity contribution in [2.24, 2.45) is 5.73 Å². The van der Waals surface area contributed by atoms with Crippen molar-refractivity contribution in [1.82, 2.24) is 0 Å². The summed E-state index contributed by atoms with van der Waals surface area (Å²) in [6, 6.07) is -0.108. The zero-order valence-electron chi connectivity index (χ0n) is 5.99. The predicted octanol–water partition coefficient (Wildman–Crippen LogP) is -0.578. The maximum atomic E-state index is 8.50. The number of aliphatic hydroxyl groups is 2. The number of hydrogen-bond acceptors (Lipinski definition) is 4. The highest BCUT2D eigenvalue weighted by Crippen LogP contribution is 2.02. The molecule has 62 valence electrons. The van der Waals surface area contributed by atoms with Crippen LogP contribution < -0.4 is 5.73 Å². The van der Waals surface area contributed by atoms with E-state index in [0.717, 1.165) is 17.9 Å². The lowest BCUT2D eigenvalue weighted by molar-refractivity contribution is 0.275. The average Bonchev–Trinajstić information content (AvgIpc) is 1.98. The van der Waals surface area contributed by atoms with Gasteiger partial charge in [-0.2, -0.15) is 11.8 Å². The number of nitrogens with two attached hydrogens (primary N) is 1. The third kappa shape index (κ3) is 6.35. The highest BCUT2D eigenvalue weighted by atomic mass is 32.2. The van der Waals surface area contributed by atoms with Gasteiger partial charge in [-0.1, -0.05) is 0 Å². The molecule has 4 heteroatoms. The monoisotopic (exact) mass is 165 g/mol. The van der Waals surface area contributed by atoms with Gasteiger partial charge in [0.25, 0.3) is 0 Å². The van der Waals surface area contributed by atoms with Crippen LogP contribution in [0.15, 0.2) is 0 Å². The molecule has 0 aromatic heterocycles. The molecule has 0 aromatic carbocycles. The van der Waals surface area contributed by atoms with Gasteiger partial charge < -0.3 is 15.9 Å². The van der Waals surface area contributed by atoms with Gasteiger partial charge in [-0.25, -0.2) is 0 Å². The van der Waals surface area contributed by atoms with Crippen molar-refractivity contribution in [3.05, 3.63) is 0 Å². The van der Waals surface area contributed by atoms with Crippen LogP contribution in [0.4, 0.5) is 0 Å². The van der Waals surface area contributed by atoms with Crippen molar-refractivity contribution in [3.63, 3.8) is 0 Å². The summed E-state index contributed by atoms with van der Waals surface area (Å²) < 4.78 is 0.